The molecule has 0 nitrogen and oxygen atoms in total. The van der Waals surface area contributed by atoms with E-state index in [0.29, 0.717) is 40.4 Å². The van der Waals surface area contributed by atoms with E-state index in [1.807, 2.05) is 0 Å². The highest BCUT2D eigenvalue weighted by atomic mass is 32.1. The molecule has 0 rings (SSSR count). The van der Waals surface area contributed by atoms with Gasteiger partial charge in [-0.2, -0.15) is 265 Å². The summed E-state index contributed by atoms with van der Waals surface area (Å²) in [5.74, 6) is 8.04. The molecule has 19 unspecified atom stereocenters. The van der Waals surface area contributed by atoms with Crippen LogP contribution in [0.4, 0.5) is 0 Å². The summed E-state index contributed by atoms with van der Waals surface area (Å²) in [4.78, 5) is 0. The highest BCUT2D eigenvalue weighted by Gasteiger charge is 2.33. The molecule has 0 saturated carbocycles. The van der Waals surface area contributed by atoms with Crippen molar-refractivity contribution < 1.29 is 0 Å². The lowest BCUT2D eigenvalue weighted by molar-refractivity contribution is 0.388. The van der Waals surface area contributed by atoms with E-state index in [1.54, 1.807) is 0 Å². The lowest BCUT2D eigenvalue weighted by Gasteiger charge is -2.34. The van der Waals surface area contributed by atoms with Crippen molar-refractivity contribution in [2.24, 2.45) is 35.5 Å². The van der Waals surface area contributed by atoms with Crippen molar-refractivity contribution in [2.45, 2.75) is 145 Å². The molecular weight excluding hydrogens is 1140 g/mol. The quantitative estimate of drug-likeness (QED) is 0.0266. The number of thiol groups is 21. The van der Waals surface area contributed by atoms with Crippen molar-refractivity contribution in [3.05, 3.63) is 0 Å². The Balaban J connectivity index is 5.17. The molecule has 21 heteroatoms. The Kier molecular flexibility index (Phi) is 44.7. The first-order chi connectivity index (χ1) is 28.3. The van der Waals surface area contributed by atoms with Gasteiger partial charge in [-0.3, -0.25) is 0 Å². The smallest absolute Gasteiger partial charge is 0.0144 e. The van der Waals surface area contributed by atoms with Crippen LogP contribution < -0.4 is 0 Å². The summed E-state index contributed by atoms with van der Waals surface area (Å²) in [5, 5.41) is 1.94. The van der Waals surface area contributed by atoms with Gasteiger partial charge < -0.3 is 0 Å². The zero-order chi connectivity index (χ0) is 46.1. The van der Waals surface area contributed by atoms with Crippen LogP contribution in [0.3, 0.4) is 0 Å². The molecule has 0 aliphatic heterocycles. The van der Waals surface area contributed by atoms with Crippen molar-refractivity contribution in [3.8, 4) is 0 Å². The number of hydrogen-bond acceptors (Lipinski definition) is 21. The van der Waals surface area contributed by atoms with Gasteiger partial charge in [0, 0.05) is 68.2 Å². The summed E-state index contributed by atoms with van der Waals surface area (Å²) >= 11 is 102. The summed E-state index contributed by atoms with van der Waals surface area (Å²) in [6.07, 6.45) is 10.8. The van der Waals surface area contributed by atoms with Crippen molar-refractivity contribution in [1.29, 1.82) is 0 Å². The molecular formula is C39H80S21. The molecule has 60 heavy (non-hydrogen) atoms. The molecule has 0 heterocycles. The topological polar surface area (TPSA) is 0 Å². The van der Waals surface area contributed by atoms with Crippen LogP contribution in [0, 0.1) is 35.5 Å². The summed E-state index contributed by atoms with van der Waals surface area (Å²) in [5.41, 5.74) is 0. The van der Waals surface area contributed by atoms with Crippen LogP contribution in [0.5, 0.6) is 0 Å². The third-order valence-electron chi connectivity index (χ3n) is 11.7. The van der Waals surface area contributed by atoms with Gasteiger partial charge in [0.05, 0.1) is 0 Å². The van der Waals surface area contributed by atoms with Crippen LogP contribution in [0.25, 0.3) is 0 Å². The van der Waals surface area contributed by atoms with Crippen molar-refractivity contribution in [2.75, 3.05) is 46.0 Å². The Morgan fingerprint density at radius 2 is 0.483 bits per heavy atom. The van der Waals surface area contributed by atoms with E-state index in [0.717, 1.165) is 112 Å². The zero-order valence-electron chi connectivity index (χ0n) is 34.5. The average molecular weight is 1220 g/mol. The number of hydrogen-bond donors (Lipinski definition) is 21. The van der Waals surface area contributed by atoms with E-state index in [-0.39, 0.29) is 74.8 Å². The van der Waals surface area contributed by atoms with Gasteiger partial charge in [-0.15, -0.1) is 0 Å². The maximum Gasteiger partial charge on any atom is 0.0144 e. The highest BCUT2D eigenvalue weighted by molar-refractivity contribution is 7.86. The molecule has 0 aromatic heterocycles. The summed E-state index contributed by atoms with van der Waals surface area (Å²) in [6.45, 7) is 0. The standard InChI is InChI=1S/C39H80S21/c40-3-1-27(48)5-22(16-43)32(53)10-24(18-45)34(55)14-38(59)36(57)12-30(51)9-26(20-47)39(60)25(19-46)8-29(50)11-35(56)37(58)13-33(54)23(17-44)7-28(49)6-21(15-42)31(52)2-4-41/h21-60H,1-20H2. The molecule has 0 bridgehead atoms. The van der Waals surface area contributed by atoms with E-state index in [2.05, 4.69) is 50.5 Å². The van der Waals surface area contributed by atoms with E-state index in [9.17, 15) is 0 Å². The van der Waals surface area contributed by atoms with Gasteiger partial charge in [0.1, 0.15) is 0 Å². The Morgan fingerprint density at radius 1 is 0.217 bits per heavy atom. The lowest BCUT2D eigenvalue weighted by atomic mass is 9.87. The van der Waals surface area contributed by atoms with Crippen LogP contribution in [0.15, 0.2) is 0 Å². The molecule has 0 aliphatic carbocycles. The van der Waals surface area contributed by atoms with E-state index in [4.69, 9.17) is 215 Å². The fourth-order valence-corrected chi connectivity index (χ4v) is 18.3. The minimum absolute atomic E-state index is 0.0654. The normalized spacial score (nSPS) is 22.1. The second-order valence-electron chi connectivity index (χ2n) is 16.7. The Morgan fingerprint density at radius 3 is 0.833 bits per heavy atom. The molecule has 0 aliphatic rings. The van der Waals surface area contributed by atoms with E-state index < -0.39 is 0 Å². The second kappa shape index (κ2) is 39.8. The zero-order valence-corrected chi connectivity index (χ0v) is 53.3. The van der Waals surface area contributed by atoms with Crippen LogP contribution in [0.1, 0.15) is 77.0 Å². The Labute approximate surface area is 485 Å². The van der Waals surface area contributed by atoms with Gasteiger partial charge in [-0.05, 0) is 159 Å². The van der Waals surface area contributed by atoms with Crippen molar-refractivity contribution in [3.63, 3.8) is 0 Å². The monoisotopic (exact) mass is 1220 g/mol. The maximum absolute atomic E-state index is 5.20. The van der Waals surface area contributed by atoms with Crippen molar-refractivity contribution in [1.82, 2.24) is 0 Å². The molecule has 0 amide bonds. The molecule has 0 fully saturated rings. The molecule has 0 saturated heterocycles. The lowest BCUT2D eigenvalue weighted by Crippen LogP contribution is -2.33. The van der Waals surface area contributed by atoms with Gasteiger partial charge in [-0.25, -0.2) is 0 Å². The van der Waals surface area contributed by atoms with Gasteiger partial charge in [0.15, 0.2) is 0 Å². The van der Waals surface area contributed by atoms with E-state index in [1.165, 1.54) is 0 Å². The number of rotatable bonds is 38. The highest BCUT2D eigenvalue weighted by Crippen LogP contribution is 2.37. The van der Waals surface area contributed by atoms with E-state index >= 15 is 0 Å². The first-order valence-electron chi connectivity index (χ1n) is 21.0. The molecule has 0 radical (unpaired) electrons. The molecule has 0 spiro atoms. The van der Waals surface area contributed by atoms with Gasteiger partial charge in [0.25, 0.3) is 0 Å². The Hall–Kier alpha value is 7.35. The first-order valence-corrected chi connectivity index (χ1v) is 32.8. The van der Waals surface area contributed by atoms with Gasteiger partial charge >= 0.3 is 0 Å². The first kappa shape index (κ1) is 67.3. The molecule has 0 aromatic rings. The molecule has 0 aromatic carbocycles. The minimum Gasteiger partial charge on any atom is -0.179 e. The predicted molar refractivity (Wildman–Crippen MR) is 353 cm³/mol. The third-order valence-corrected chi connectivity index (χ3v) is 23.0. The predicted octanol–water partition coefficient (Wildman–Crippen LogP) is 12.7. The Bertz CT molecular complexity index is 1020. The average Bonchev–Trinajstić information content (AvgIpc) is 3.20. The largest absolute Gasteiger partial charge is 0.179 e. The van der Waals surface area contributed by atoms with Crippen LogP contribution in [-0.2, 0) is 0 Å². The molecule has 19 atom stereocenters. The second-order valence-corrected chi connectivity index (χ2v) is 28.6. The fraction of sp³-hybridized carbons (Fsp3) is 1.00. The van der Waals surface area contributed by atoms with Crippen molar-refractivity contribution >= 4 is 265 Å². The third kappa shape index (κ3) is 28.6. The molecule has 0 N–H and O–H groups in total. The van der Waals surface area contributed by atoms with Gasteiger partial charge in [-0.1, -0.05) is 0 Å². The summed E-state index contributed by atoms with van der Waals surface area (Å²) < 4.78 is 0. The molecule has 362 valence electrons. The maximum atomic E-state index is 5.20. The summed E-state index contributed by atoms with van der Waals surface area (Å²) in [7, 11) is 0. The van der Waals surface area contributed by atoms with Crippen LogP contribution in [0.2, 0.25) is 0 Å². The van der Waals surface area contributed by atoms with Crippen LogP contribution in [-0.4, -0.2) is 114 Å². The summed E-state index contributed by atoms with van der Waals surface area (Å²) in [6, 6.07) is 0. The van der Waals surface area contributed by atoms with Crippen LogP contribution >= 0.6 is 265 Å². The fourth-order valence-electron chi connectivity index (χ4n) is 7.68. The van der Waals surface area contributed by atoms with Gasteiger partial charge in [0.2, 0.25) is 0 Å². The SMILES string of the molecule is SCCC(S)CC(CS)C(S)CC(CS)C(S)CC(S)C(S)CC(S)CC(CS)C(S)C(CS)CC(S)CC(S)C(S)CC(S)C(CS)CC(S)CC(CS)C(S)CCS. The minimum atomic E-state index is 0.0654.